The minimum Gasteiger partial charge on any atom is -0.440 e. The molecule has 76 valence electrons. The molecule has 0 saturated heterocycles. The lowest BCUT2D eigenvalue weighted by atomic mass is 9.91. The van der Waals surface area contributed by atoms with Gasteiger partial charge >= 0.3 is 5.97 Å². The third-order valence-electron chi connectivity index (χ3n) is 2.41. The second-order valence-electron chi connectivity index (χ2n) is 3.67. The van der Waals surface area contributed by atoms with Crippen molar-refractivity contribution in [3.05, 3.63) is 34.3 Å². The van der Waals surface area contributed by atoms with E-state index in [9.17, 15) is 4.79 Å². The molecule has 0 saturated carbocycles. The lowest BCUT2D eigenvalue weighted by Gasteiger charge is -2.28. The molecule has 1 unspecified atom stereocenters. The predicted molar refractivity (Wildman–Crippen MR) is 54.6 cm³/mol. The third kappa shape index (κ3) is 1.57. The van der Waals surface area contributed by atoms with E-state index in [-0.39, 0.29) is 0 Å². The molecule has 15 heavy (non-hydrogen) atoms. The fourth-order valence-electron chi connectivity index (χ4n) is 1.62. The first-order valence-electron chi connectivity index (χ1n) is 4.48. The molecule has 0 spiro atoms. The number of carbonyl (C=O) groups is 1. The van der Waals surface area contributed by atoms with E-state index in [1.807, 2.05) is 6.07 Å². The van der Waals surface area contributed by atoms with Gasteiger partial charge in [0.15, 0.2) is 5.60 Å². The van der Waals surface area contributed by atoms with Crippen molar-refractivity contribution in [2.75, 3.05) is 0 Å². The normalized spacial score (nSPS) is 23.9. The summed E-state index contributed by atoms with van der Waals surface area (Å²) in [4.78, 5) is 11.6. The Kier molecular flexibility index (Phi) is 2.17. The first-order valence-corrected chi connectivity index (χ1v) is 4.85. The van der Waals surface area contributed by atoms with Crippen molar-refractivity contribution >= 4 is 17.6 Å². The van der Waals surface area contributed by atoms with Gasteiger partial charge in [0.1, 0.15) is 6.07 Å². The van der Waals surface area contributed by atoms with Crippen molar-refractivity contribution in [3.63, 3.8) is 0 Å². The highest BCUT2D eigenvalue weighted by molar-refractivity contribution is 6.31. The zero-order valence-corrected chi connectivity index (χ0v) is 8.84. The summed E-state index contributed by atoms with van der Waals surface area (Å²) in [5.74, 6) is -0.484. The van der Waals surface area contributed by atoms with Crippen LogP contribution in [0.15, 0.2) is 18.2 Å². The van der Waals surface area contributed by atoms with Gasteiger partial charge in [-0.3, -0.25) is 0 Å². The van der Waals surface area contributed by atoms with E-state index < -0.39 is 11.6 Å². The predicted octanol–water partition coefficient (Wildman–Crippen LogP) is 2.34. The fourth-order valence-corrected chi connectivity index (χ4v) is 1.87. The number of rotatable bonds is 0. The smallest absolute Gasteiger partial charge is 0.340 e. The molecular formula is C11H8ClNO2. The molecule has 0 amide bonds. The Morgan fingerprint density at radius 2 is 2.33 bits per heavy atom. The van der Waals surface area contributed by atoms with Gasteiger partial charge in [-0.05, 0) is 24.6 Å². The Morgan fingerprint density at radius 3 is 3.00 bits per heavy atom. The number of hydrogen-bond acceptors (Lipinski definition) is 3. The molecule has 0 radical (unpaired) electrons. The Bertz CT molecular complexity index is 478. The molecule has 4 heteroatoms. The molecule has 1 aliphatic rings. The van der Waals surface area contributed by atoms with E-state index in [1.54, 1.807) is 25.1 Å². The van der Waals surface area contributed by atoms with E-state index in [0.717, 1.165) is 0 Å². The quantitative estimate of drug-likeness (QED) is 0.632. The molecule has 2 rings (SSSR count). The van der Waals surface area contributed by atoms with Gasteiger partial charge in [-0.25, -0.2) is 4.79 Å². The van der Waals surface area contributed by atoms with Crippen LogP contribution < -0.4 is 0 Å². The highest BCUT2D eigenvalue weighted by Crippen LogP contribution is 2.31. The summed E-state index contributed by atoms with van der Waals surface area (Å²) in [6, 6.07) is 7.03. The summed E-state index contributed by atoms with van der Waals surface area (Å²) in [6.45, 7) is 1.58. The fraction of sp³-hybridized carbons (Fsp3) is 0.273. The van der Waals surface area contributed by atoms with Gasteiger partial charge in [-0.15, -0.1) is 0 Å². The molecule has 0 bridgehead atoms. The summed E-state index contributed by atoms with van der Waals surface area (Å²) in [6.07, 6.45) is 0.338. The van der Waals surface area contributed by atoms with Crippen molar-refractivity contribution in [1.82, 2.24) is 0 Å². The van der Waals surface area contributed by atoms with Crippen molar-refractivity contribution < 1.29 is 9.53 Å². The minimum absolute atomic E-state index is 0.338. The highest BCUT2D eigenvalue weighted by Gasteiger charge is 2.37. The molecule has 0 fully saturated rings. The summed E-state index contributed by atoms with van der Waals surface area (Å²) in [5, 5.41) is 9.42. The number of halogens is 1. The standard InChI is InChI=1S/C11H8ClNO2/c1-11(6-13)5-8-7(10(14)15-11)3-2-4-9(8)12/h2-4H,5H2,1H3. The molecule has 1 heterocycles. The summed E-state index contributed by atoms with van der Waals surface area (Å²) in [5.41, 5.74) is 0.0458. The van der Waals surface area contributed by atoms with Gasteiger partial charge in [0.2, 0.25) is 0 Å². The number of hydrogen-bond donors (Lipinski definition) is 0. The maximum Gasteiger partial charge on any atom is 0.340 e. The first-order chi connectivity index (χ1) is 7.06. The van der Waals surface area contributed by atoms with Crippen LogP contribution in [0.3, 0.4) is 0 Å². The van der Waals surface area contributed by atoms with E-state index in [2.05, 4.69) is 0 Å². The van der Waals surface area contributed by atoms with Crippen molar-refractivity contribution in [1.29, 1.82) is 5.26 Å². The van der Waals surface area contributed by atoms with Gasteiger partial charge in [-0.2, -0.15) is 5.26 Å². The Labute approximate surface area is 92.2 Å². The lowest BCUT2D eigenvalue weighted by Crippen LogP contribution is -2.37. The molecular weight excluding hydrogens is 214 g/mol. The van der Waals surface area contributed by atoms with Crippen LogP contribution in [0.25, 0.3) is 0 Å². The van der Waals surface area contributed by atoms with Crippen LogP contribution in [0.5, 0.6) is 0 Å². The summed E-state index contributed by atoms with van der Waals surface area (Å²) >= 11 is 5.97. The Morgan fingerprint density at radius 1 is 1.60 bits per heavy atom. The zero-order valence-electron chi connectivity index (χ0n) is 8.08. The molecule has 0 N–H and O–H groups in total. The van der Waals surface area contributed by atoms with Gasteiger partial charge < -0.3 is 4.74 Å². The summed E-state index contributed by atoms with van der Waals surface area (Å²) in [7, 11) is 0. The molecule has 3 nitrogen and oxygen atoms in total. The topological polar surface area (TPSA) is 50.1 Å². The van der Waals surface area contributed by atoms with Gasteiger partial charge in [0.05, 0.1) is 5.56 Å². The number of ether oxygens (including phenoxy) is 1. The van der Waals surface area contributed by atoms with Crippen LogP contribution in [-0.4, -0.2) is 11.6 Å². The van der Waals surface area contributed by atoms with Crippen molar-refractivity contribution in [3.8, 4) is 6.07 Å². The average molecular weight is 222 g/mol. The largest absolute Gasteiger partial charge is 0.440 e. The van der Waals surface area contributed by atoms with Crippen LogP contribution in [0.2, 0.25) is 5.02 Å². The number of nitrogens with zero attached hydrogens (tertiary/aromatic N) is 1. The van der Waals surface area contributed by atoms with Crippen molar-refractivity contribution in [2.24, 2.45) is 0 Å². The number of benzene rings is 1. The SMILES string of the molecule is CC1(C#N)Cc2c(Cl)cccc2C(=O)O1. The molecule has 1 atom stereocenters. The number of fused-ring (bicyclic) bond motifs is 1. The van der Waals surface area contributed by atoms with E-state index >= 15 is 0 Å². The number of esters is 1. The van der Waals surface area contributed by atoms with Crippen molar-refractivity contribution in [2.45, 2.75) is 18.9 Å². The molecule has 1 aromatic rings. The third-order valence-corrected chi connectivity index (χ3v) is 2.76. The second kappa shape index (κ2) is 3.25. The second-order valence-corrected chi connectivity index (χ2v) is 4.08. The number of carbonyl (C=O) groups excluding carboxylic acids is 1. The average Bonchev–Trinajstić information content (AvgIpc) is 2.20. The van der Waals surface area contributed by atoms with Gasteiger partial charge in [0, 0.05) is 11.4 Å². The minimum atomic E-state index is -1.10. The van der Waals surface area contributed by atoms with E-state index in [4.69, 9.17) is 21.6 Å². The van der Waals surface area contributed by atoms with Crippen LogP contribution in [0, 0.1) is 11.3 Å². The molecule has 0 aromatic heterocycles. The first kappa shape index (κ1) is 10.0. The monoisotopic (exact) mass is 221 g/mol. The van der Waals surface area contributed by atoms with Crippen LogP contribution in [0.4, 0.5) is 0 Å². The van der Waals surface area contributed by atoms with Crippen LogP contribution >= 0.6 is 11.6 Å². The van der Waals surface area contributed by atoms with Gasteiger partial charge in [-0.1, -0.05) is 17.7 Å². The maximum absolute atomic E-state index is 11.6. The number of nitriles is 1. The van der Waals surface area contributed by atoms with E-state index in [1.165, 1.54) is 0 Å². The highest BCUT2D eigenvalue weighted by atomic mass is 35.5. The van der Waals surface area contributed by atoms with Gasteiger partial charge in [0.25, 0.3) is 0 Å². The van der Waals surface area contributed by atoms with Crippen LogP contribution in [0.1, 0.15) is 22.8 Å². The molecule has 1 aromatic carbocycles. The summed E-state index contributed by atoms with van der Waals surface area (Å²) < 4.78 is 5.05. The van der Waals surface area contributed by atoms with E-state index in [0.29, 0.717) is 22.6 Å². The molecule has 1 aliphatic heterocycles. The molecule has 0 aliphatic carbocycles. The Balaban J connectivity index is 2.57. The lowest BCUT2D eigenvalue weighted by molar-refractivity contribution is 0.00852. The van der Waals surface area contributed by atoms with Crippen LogP contribution in [-0.2, 0) is 11.2 Å². The zero-order chi connectivity index (χ0) is 11.1. The Hall–Kier alpha value is -1.53. The maximum atomic E-state index is 11.6. The number of cyclic esters (lactones) is 1.